The molecule has 1 N–H and O–H groups in total. The Balaban J connectivity index is 2.07. The summed E-state index contributed by atoms with van der Waals surface area (Å²) in [5, 5.41) is 3.20. The molecule has 0 spiro atoms. The maximum atomic E-state index is 12.7. The lowest BCUT2D eigenvalue weighted by molar-refractivity contribution is 0.0942. The fourth-order valence-electron chi connectivity index (χ4n) is 3.05. The van der Waals surface area contributed by atoms with Gasteiger partial charge in [-0.3, -0.25) is 23.7 Å². The van der Waals surface area contributed by atoms with Crippen molar-refractivity contribution in [3.8, 4) is 0 Å². The molecule has 0 aromatic carbocycles. The molecule has 0 radical (unpaired) electrons. The summed E-state index contributed by atoms with van der Waals surface area (Å²) in [6.07, 6.45) is 4.11. The highest BCUT2D eigenvalue weighted by molar-refractivity contribution is 5.97. The van der Waals surface area contributed by atoms with E-state index in [1.807, 2.05) is 13.0 Å². The second kappa shape index (κ2) is 6.99. The van der Waals surface area contributed by atoms with Crippen LogP contribution in [0.5, 0.6) is 0 Å². The number of carbonyl (C=O) groups excluding carboxylic acids is 1. The van der Waals surface area contributed by atoms with Gasteiger partial charge in [0.1, 0.15) is 11.3 Å². The van der Waals surface area contributed by atoms with Crippen molar-refractivity contribution in [1.82, 2.24) is 24.0 Å². The highest BCUT2D eigenvalue weighted by Crippen LogP contribution is 2.16. The molecule has 1 amide bonds. The third-order valence-corrected chi connectivity index (χ3v) is 4.35. The molecule has 3 aromatic heterocycles. The van der Waals surface area contributed by atoms with Crippen molar-refractivity contribution in [3.63, 3.8) is 0 Å². The van der Waals surface area contributed by atoms with Gasteiger partial charge in [-0.05, 0) is 24.1 Å². The first-order chi connectivity index (χ1) is 12.5. The van der Waals surface area contributed by atoms with E-state index >= 15 is 0 Å². The number of amides is 1. The number of aryl methyl sites for hydroxylation is 2. The molecule has 3 heterocycles. The molecule has 0 saturated heterocycles. The fraction of sp³-hybridized carbons (Fsp3) is 0.333. The molecule has 0 aliphatic heterocycles. The largest absolute Gasteiger partial charge is 0.347 e. The fourth-order valence-corrected chi connectivity index (χ4v) is 3.05. The average Bonchev–Trinajstić information content (AvgIpc) is 3.03. The Labute approximate surface area is 149 Å². The summed E-state index contributed by atoms with van der Waals surface area (Å²) >= 11 is 0. The Morgan fingerprint density at radius 1 is 1.23 bits per heavy atom. The van der Waals surface area contributed by atoms with Crippen molar-refractivity contribution >= 4 is 16.9 Å². The van der Waals surface area contributed by atoms with Crippen LogP contribution in [-0.2, 0) is 27.2 Å². The molecule has 0 aliphatic rings. The van der Waals surface area contributed by atoms with Gasteiger partial charge in [0.15, 0.2) is 0 Å². The molecule has 0 unspecified atom stereocenters. The number of hydrogen-bond donors (Lipinski definition) is 1. The smallest absolute Gasteiger partial charge is 0.332 e. The quantitative estimate of drug-likeness (QED) is 0.732. The number of aromatic nitrogens is 4. The van der Waals surface area contributed by atoms with Crippen LogP contribution in [0.2, 0.25) is 0 Å². The van der Waals surface area contributed by atoms with Crippen molar-refractivity contribution in [3.05, 3.63) is 62.7 Å². The van der Waals surface area contributed by atoms with E-state index in [1.54, 1.807) is 36.1 Å². The van der Waals surface area contributed by atoms with Crippen LogP contribution in [0.4, 0.5) is 0 Å². The first-order valence-electron chi connectivity index (χ1n) is 8.42. The van der Waals surface area contributed by atoms with Gasteiger partial charge in [0.2, 0.25) is 0 Å². The van der Waals surface area contributed by atoms with Crippen LogP contribution in [0.15, 0.2) is 40.2 Å². The molecule has 0 fully saturated rings. The molecule has 8 heteroatoms. The lowest BCUT2D eigenvalue weighted by atomic mass is 10.3. The Bertz CT molecular complexity index is 1080. The van der Waals surface area contributed by atoms with E-state index < -0.39 is 11.2 Å². The SMILES string of the molecule is CCCn1c(C(=O)NCc2cccnc2)cc2c(=O)n(C)c(=O)n(C)c21. The van der Waals surface area contributed by atoms with Gasteiger partial charge in [-0.15, -0.1) is 0 Å². The topological polar surface area (TPSA) is 90.9 Å². The molecule has 0 atom stereocenters. The van der Waals surface area contributed by atoms with E-state index in [1.165, 1.54) is 11.6 Å². The summed E-state index contributed by atoms with van der Waals surface area (Å²) in [6, 6.07) is 5.23. The number of fused-ring (bicyclic) bond motifs is 1. The third-order valence-electron chi connectivity index (χ3n) is 4.35. The molecule has 26 heavy (non-hydrogen) atoms. The maximum absolute atomic E-state index is 12.7. The Morgan fingerprint density at radius 3 is 2.65 bits per heavy atom. The minimum absolute atomic E-state index is 0.298. The summed E-state index contributed by atoms with van der Waals surface area (Å²) in [5.41, 5.74) is 0.886. The molecule has 3 aromatic rings. The number of carbonyl (C=O) groups is 1. The van der Waals surface area contributed by atoms with Crippen molar-refractivity contribution in [1.29, 1.82) is 0 Å². The molecule has 8 nitrogen and oxygen atoms in total. The van der Waals surface area contributed by atoms with E-state index in [0.29, 0.717) is 29.8 Å². The lowest BCUT2D eigenvalue weighted by Gasteiger charge is -2.12. The number of rotatable bonds is 5. The Kier molecular flexibility index (Phi) is 4.75. The predicted octanol–water partition coefficient (Wildman–Crippen LogP) is 0.774. The highest BCUT2D eigenvalue weighted by atomic mass is 16.2. The molecule has 3 rings (SSSR count). The Hall–Kier alpha value is -3.16. The summed E-state index contributed by atoms with van der Waals surface area (Å²) < 4.78 is 4.19. The zero-order chi connectivity index (χ0) is 18.8. The number of nitrogens with zero attached hydrogens (tertiary/aromatic N) is 4. The van der Waals surface area contributed by atoms with E-state index in [-0.39, 0.29) is 5.91 Å². The zero-order valence-corrected chi connectivity index (χ0v) is 15.0. The maximum Gasteiger partial charge on any atom is 0.332 e. The Morgan fingerprint density at radius 2 is 2.00 bits per heavy atom. The van der Waals surface area contributed by atoms with Gasteiger partial charge >= 0.3 is 5.69 Å². The summed E-state index contributed by atoms with van der Waals surface area (Å²) in [6.45, 7) is 2.83. The van der Waals surface area contributed by atoms with Gasteiger partial charge in [0.25, 0.3) is 11.5 Å². The van der Waals surface area contributed by atoms with E-state index in [2.05, 4.69) is 10.3 Å². The molecular weight excluding hydrogens is 334 g/mol. The van der Waals surface area contributed by atoms with Crippen LogP contribution in [0.25, 0.3) is 11.0 Å². The van der Waals surface area contributed by atoms with Crippen LogP contribution < -0.4 is 16.6 Å². The summed E-state index contributed by atoms with van der Waals surface area (Å²) in [4.78, 5) is 41.5. The standard InChI is InChI=1S/C18H21N5O3/c1-4-8-23-14(15(24)20-11-12-6-5-7-19-10-12)9-13-16(23)21(2)18(26)22(3)17(13)25/h5-7,9-10H,4,8,11H2,1-3H3,(H,20,24). The van der Waals surface area contributed by atoms with Crippen molar-refractivity contribution in [2.75, 3.05) is 0 Å². The van der Waals surface area contributed by atoms with Crippen molar-refractivity contribution < 1.29 is 4.79 Å². The van der Waals surface area contributed by atoms with Crippen molar-refractivity contribution in [2.24, 2.45) is 14.1 Å². The second-order valence-corrected chi connectivity index (χ2v) is 6.17. The number of nitrogens with one attached hydrogen (secondary N) is 1. The monoisotopic (exact) mass is 355 g/mol. The number of pyridine rings is 1. The van der Waals surface area contributed by atoms with E-state index in [4.69, 9.17) is 0 Å². The van der Waals surface area contributed by atoms with Crippen LogP contribution in [-0.4, -0.2) is 24.6 Å². The zero-order valence-electron chi connectivity index (χ0n) is 15.0. The molecule has 0 saturated carbocycles. The van der Waals surface area contributed by atoms with E-state index in [9.17, 15) is 14.4 Å². The van der Waals surface area contributed by atoms with Gasteiger partial charge in [-0.25, -0.2) is 4.79 Å². The van der Waals surface area contributed by atoms with Crippen molar-refractivity contribution in [2.45, 2.75) is 26.4 Å². The third kappa shape index (κ3) is 2.94. The minimum Gasteiger partial charge on any atom is -0.347 e. The van der Waals surface area contributed by atoms with Gasteiger partial charge < -0.3 is 9.88 Å². The predicted molar refractivity (Wildman–Crippen MR) is 98.1 cm³/mol. The van der Waals surface area contributed by atoms with E-state index in [0.717, 1.165) is 16.6 Å². The summed E-state index contributed by atoms with van der Waals surface area (Å²) in [7, 11) is 3.04. The van der Waals surface area contributed by atoms with Crippen LogP contribution in [0.1, 0.15) is 29.4 Å². The lowest BCUT2D eigenvalue weighted by Crippen LogP contribution is -2.37. The van der Waals surface area contributed by atoms with Crippen LogP contribution in [0.3, 0.4) is 0 Å². The average molecular weight is 355 g/mol. The first kappa shape index (κ1) is 17.7. The van der Waals surface area contributed by atoms with Gasteiger partial charge in [-0.1, -0.05) is 13.0 Å². The molecule has 0 aliphatic carbocycles. The molecular formula is C18H21N5O3. The second-order valence-electron chi connectivity index (χ2n) is 6.17. The highest BCUT2D eigenvalue weighted by Gasteiger charge is 2.20. The van der Waals surface area contributed by atoms with Crippen LogP contribution in [0, 0.1) is 0 Å². The summed E-state index contributed by atoms with van der Waals surface area (Å²) in [5.74, 6) is -0.298. The van der Waals surface area contributed by atoms with Gasteiger partial charge in [0.05, 0.1) is 5.39 Å². The minimum atomic E-state index is -0.416. The normalized spacial score (nSPS) is 11.0. The van der Waals surface area contributed by atoms with Gasteiger partial charge in [-0.2, -0.15) is 0 Å². The number of hydrogen-bond acceptors (Lipinski definition) is 4. The molecule has 0 bridgehead atoms. The first-order valence-corrected chi connectivity index (χ1v) is 8.42. The van der Waals surface area contributed by atoms with Crippen LogP contribution >= 0.6 is 0 Å². The van der Waals surface area contributed by atoms with Gasteiger partial charge in [0, 0.05) is 39.6 Å². The molecule has 136 valence electrons.